The lowest BCUT2D eigenvalue weighted by molar-refractivity contribution is -0.133. The van der Waals surface area contributed by atoms with E-state index in [1.54, 1.807) is 12.1 Å². The molecule has 0 saturated carbocycles. The molecule has 0 aliphatic heterocycles. The van der Waals surface area contributed by atoms with Crippen molar-refractivity contribution in [3.8, 4) is 0 Å². The van der Waals surface area contributed by atoms with Gasteiger partial charge in [0.15, 0.2) is 0 Å². The minimum absolute atomic E-state index is 0.397. The van der Waals surface area contributed by atoms with Crippen LogP contribution in [0, 0.1) is 0 Å². The summed E-state index contributed by atoms with van der Waals surface area (Å²) in [5, 5.41) is 20.1. The molecule has 0 unspecified atom stereocenters. The molecule has 0 aliphatic rings. The van der Waals surface area contributed by atoms with Gasteiger partial charge >= 0.3 is 0 Å². The van der Waals surface area contributed by atoms with Gasteiger partial charge in [-0.2, -0.15) is 0 Å². The van der Waals surface area contributed by atoms with Crippen molar-refractivity contribution in [3.05, 3.63) is 20.8 Å². The van der Waals surface area contributed by atoms with Crippen LogP contribution in [-0.4, -0.2) is 34.3 Å². The third kappa shape index (κ3) is 3.77. The van der Waals surface area contributed by atoms with E-state index < -0.39 is 24.0 Å². The Kier molecular flexibility index (Phi) is 5.06. The number of hydrogen-bond donors (Lipinski definition) is 4. The maximum absolute atomic E-state index is 11.7. The van der Waals surface area contributed by atoms with Crippen LogP contribution in [0.15, 0.2) is 15.9 Å². The van der Waals surface area contributed by atoms with E-state index in [0.29, 0.717) is 4.88 Å². The first-order chi connectivity index (χ1) is 7.95. The Morgan fingerprint density at radius 3 is 2.53 bits per heavy atom. The summed E-state index contributed by atoms with van der Waals surface area (Å²) in [6.07, 6.45) is -1.12. The first kappa shape index (κ1) is 14.1. The lowest BCUT2D eigenvalue weighted by Gasteiger charge is -2.18. The number of hydroxylamine groups is 1. The van der Waals surface area contributed by atoms with Gasteiger partial charge in [-0.1, -0.05) is 0 Å². The molecule has 94 valence electrons. The first-order valence-electron chi connectivity index (χ1n) is 4.64. The largest absolute Gasteiger partial charge is 0.391 e. The van der Waals surface area contributed by atoms with Gasteiger partial charge in [0.05, 0.1) is 14.8 Å². The van der Waals surface area contributed by atoms with E-state index in [9.17, 15) is 14.7 Å². The molecule has 1 aromatic heterocycles. The Labute approximate surface area is 110 Å². The minimum Gasteiger partial charge on any atom is -0.391 e. The van der Waals surface area contributed by atoms with Crippen molar-refractivity contribution in [1.82, 2.24) is 10.8 Å². The standard InChI is InChI=1S/C9H11BrN2O4S/c1-4(13)7(9(15)12-16)11-8(14)5-2-3-6(10)17-5/h2-4,7,13,16H,1H3,(H,11,14)(H,12,15)/t4-,7+/m1/s1. The zero-order valence-corrected chi connectivity index (χ0v) is 11.2. The van der Waals surface area contributed by atoms with Gasteiger partial charge in [-0.05, 0) is 35.0 Å². The molecular formula is C9H11BrN2O4S. The van der Waals surface area contributed by atoms with Crippen molar-refractivity contribution in [2.45, 2.75) is 19.1 Å². The van der Waals surface area contributed by atoms with Crippen LogP contribution in [0.2, 0.25) is 0 Å². The summed E-state index contributed by atoms with van der Waals surface area (Å²) in [5.41, 5.74) is 1.39. The molecule has 4 N–H and O–H groups in total. The predicted octanol–water partition coefficient (Wildman–Crippen LogP) is 0.495. The number of nitrogens with one attached hydrogen (secondary N) is 2. The molecule has 0 aromatic carbocycles. The van der Waals surface area contributed by atoms with Crippen LogP contribution in [0.25, 0.3) is 0 Å². The van der Waals surface area contributed by atoms with Crippen LogP contribution < -0.4 is 10.8 Å². The highest BCUT2D eigenvalue weighted by atomic mass is 79.9. The van der Waals surface area contributed by atoms with Gasteiger partial charge in [-0.25, -0.2) is 5.48 Å². The lowest BCUT2D eigenvalue weighted by Crippen LogP contribution is -2.51. The second kappa shape index (κ2) is 6.10. The van der Waals surface area contributed by atoms with E-state index in [4.69, 9.17) is 5.21 Å². The molecule has 2 atom stereocenters. The Bertz CT molecular complexity index is 421. The molecule has 0 spiro atoms. The van der Waals surface area contributed by atoms with Gasteiger partial charge < -0.3 is 10.4 Å². The fourth-order valence-electron chi connectivity index (χ4n) is 1.12. The quantitative estimate of drug-likeness (QED) is 0.479. The average Bonchev–Trinajstić information content (AvgIpc) is 2.71. The van der Waals surface area contributed by atoms with Crippen molar-refractivity contribution >= 4 is 39.1 Å². The maximum Gasteiger partial charge on any atom is 0.268 e. The number of aliphatic hydroxyl groups is 1. The van der Waals surface area contributed by atoms with Gasteiger partial charge in [0, 0.05) is 0 Å². The maximum atomic E-state index is 11.7. The molecule has 1 rings (SSSR count). The molecule has 17 heavy (non-hydrogen) atoms. The van der Waals surface area contributed by atoms with Gasteiger partial charge in [-0.15, -0.1) is 11.3 Å². The molecule has 1 aromatic rings. The van der Waals surface area contributed by atoms with Crippen LogP contribution in [-0.2, 0) is 4.79 Å². The number of carbonyl (C=O) groups is 2. The summed E-state index contributed by atoms with van der Waals surface area (Å²) in [7, 11) is 0. The fourth-order valence-corrected chi connectivity index (χ4v) is 2.41. The summed E-state index contributed by atoms with van der Waals surface area (Å²) in [4.78, 5) is 23.3. The van der Waals surface area contributed by atoms with E-state index >= 15 is 0 Å². The molecule has 0 aliphatic carbocycles. The van der Waals surface area contributed by atoms with Gasteiger partial charge in [0.2, 0.25) is 0 Å². The van der Waals surface area contributed by atoms with E-state index in [1.165, 1.54) is 23.7 Å². The van der Waals surface area contributed by atoms with Crippen LogP contribution in [0.3, 0.4) is 0 Å². The van der Waals surface area contributed by atoms with E-state index in [2.05, 4.69) is 21.2 Å². The molecule has 0 radical (unpaired) electrons. The van der Waals surface area contributed by atoms with E-state index in [0.717, 1.165) is 3.79 Å². The van der Waals surface area contributed by atoms with Gasteiger partial charge in [0.25, 0.3) is 11.8 Å². The number of halogens is 1. The molecule has 0 fully saturated rings. The summed E-state index contributed by atoms with van der Waals surface area (Å²) in [5.74, 6) is -1.36. The van der Waals surface area contributed by atoms with E-state index in [1.807, 2.05) is 0 Å². The number of amides is 2. The Morgan fingerprint density at radius 2 is 2.12 bits per heavy atom. The number of thiophene rings is 1. The highest BCUT2D eigenvalue weighted by molar-refractivity contribution is 9.11. The summed E-state index contributed by atoms with van der Waals surface area (Å²) in [6, 6.07) is 2.08. The highest BCUT2D eigenvalue weighted by Crippen LogP contribution is 2.21. The van der Waals surface area contributed by atoms with Crippen LogP contribution in [0.5, 0.6) is 0 Å². The van der Waals surface area contributed by atoms with Crippen molar-refractivity contribution < 1.29 is 19.9 Å². The van der Waals surface area contributed by atoms with E-state index in [-0.39, 0.29) is 0 Å². The summed E-state index contributed by atoms with van der Waals surface area (Å²) in [6.45, 7) is 1.34. The average molecular weight is 323 g/mol. The van der Waals surface area contributed by atoms with Crippen molar-refractivity contribution in [2.24, 2.45) is 0 Å². The zero-order chi connectivity index (χ0) is 13.0. The van der Waals surface area contributed by atoms with Crippen molar-refractivity contribution in [1.29, 1.82) is 0 Å². The lowest BCUT2D eigenvalue weighted by atomic mass is 10.1. The van der Waals surface area contributed by atoms with Crippen LogP contribution in [0.4, 0.5) is 0 Å². The molecule has 2 amide bonds. The molecule has 0 bridgehead atoms. The Hall–Kier alpha value is -0.960. The van der Waals surface area contributed by atoms with Gasteiger partial charge in [0.1, 0.15) is 6.04 Å². The Balaban J connectivity index is 2.74. The molecule has 0 saturated heterocycles. The predicted molar refractivity (Wildman–Crippen MR) is 64.9 cm³/mol. The highest BCUT2D eigenvalue weighted by Gasteiger charge is 2.26. The fraction of sp³-hybridized carbons (Fsp3) is 0.333. The van der Waals surface area contributed by atoms with Crippen LogP contribution >= 0.6 is 27.3 Å². The summed E-state index contributed by atoms with van der Waals surface area (Å²) >= 11 is 4.41. The normalized spacial score (nSPS) is 13.9. The second-order valence-corrected chi connectivity index (χ2v) is 5.73. The number of hydrogen-bond acceptors (Lipinski definition) is 5. The monoisotopic (exact) mass is 322 g/mol. The van der Waals surface area contributed by atoms with Gasteiger partial charge in [-0.3, -0.25) is 14.8 Å². The minimum atomic E-state index is -1.20. The second-order valence-electron chi connectivity index (χ2n) is 3.27. The first-order valence-corrected chi connectivity index (χ1v) is 6.25. The van der Waals surface area contributed by atoms with Crippen molar-refractivity contribution in [2.75, 3.05) is 0 Å². The number of aliphatic hydroxyl groups excluding tert-OH is 1. The Morgan fingerprint density at radius 1 is 1.47 bits per heavy atom. The third-order valence-electron chi connectivity index (χ3n) is 1.96. The topological polar surface area (TPSA) is 98.7 Å². The van der Waals surface area contributed by atoms with Crippen molar-refractivity contribution in [3.63, 3.8) is 0 Å². The molecular weight excluding hydrogens is 312 g/mol. The smallest absolute Gasteiger partial charge is 0.268 e. The van der Waals surface area contributed by atoms with Crippen LogP contribution in [0.1, 0.15) is 16.6 Å². The zero-order valence-electron chi connectivity index (χ0n) is 8.81. The molecule has 8 heteroatoms. The molecule has 6 nitrogen and oxygen atoms in total. The number of carbonyl (C=O) groups excluding carboxylic acids is 2. The summed E-state index contributed by atoms with van der Waals surface area (Å²) < 4.78 is 0.780. The molecule has 1 heterocycles. The SMILES string of the molecule is C[C@@H](O)[C@H](NC(=O)c1ccc(Br)s1)C(=O)NO. The third-order valence-corrected chi connectivity index (χ3v) is 3.58. The number of rotatable bonds is 4.